The maximum atomic E-state index is 5.29. The molecular weight excluding hydrogens is 234 g/mol. The zero-order valence-electron chi connectivity index (χ0n) is 7.03. The van der Waals surface area contributed by atoms with Gasteiger partial charge in [-0.05, 0) is 28.1 Å². The van der Waals surface area contributed by atoms with Gasteiger partial charge in [0.25, 0.3) is 5.79 Å². The van der Waals surface area contributed by atoms with Gasteiger partial charge in [0.05, 0.1) is 0 Å². The van der Waals surface area contributed by atoms with E-state index in [1.807, 2.05) is 19.1 Å². The molecule has 13 heavy (non-hydrogen) atoms. The molecule has 1 aliphatic heterocycles. The Labute approximate surface area is 84.5 Å². The van der Waals surface area contributed by atoms with Crippen LogP contribution in [0.15, 0.2) is 35.3 Å². The summed E-state index contributed by atoms with van der Waals surface area (Å²) in [6.45, 7) is 1.82. The van der Waals surface area contributed by atoms with Crippen LogP contribution in [-0.2, 0) is 15.3 Å². The van der Waals surface area contributed by atoms with Gasteiger partial charge in [0.2, 0.25) is 0 Å². The van der Waals surface area contributed by atoms with Crippen molar-refractivity contribution in [2.24, 2.45) is 0 Å². The zero-order valence-corrected chi connectivity index (χ0v) is 8.61. The summed E-state index contributed by atoms with van der Waals surface area (Å²) in [7, 11) is 0. The van der Waals surface area contributed by atoms with Crippen LogP contribution in [0.3, 0.4) is 0 Å². The Hall–Kier alpha value is -1.03. The molecule has 2 rings (SSSR count). The van der Waals surface area contributed by atoms with Crippen molar-refractivity contribution in [3.05, 3.63) is 41.0 Å². The second kappa shape index (κ2) is 3.03. The molecule has 0 fully saturated rings. The lowest BCUT2D eigenvalue weighted by Crippen LogP contribution is -2.23. The number of pyridine rings is 1. The Balaban J connectivity index is 2.30. The van der Waals surface area contributed by atoms with E-state index in [0.717, 1.165) is 10.2 Å². The summed E-state index contributed by atoms with van der Waals surface area (Å²) in [6, 6.07) is 3.76. The van der Waals surface area contributed by atoms with Crippen LogP contribution in [0.25, 0.3) is 0 Å². The number of rotatable bonds is 1. The van der Waals surface area contributed by atoms with Crippen molar-refractivity contribution in [3.63, 3.8) is 0 Å². The fourth-order valence-electron chi connectivity index (χ4n) is 1.11. The van der Waals surface area contributed by atoms with Crippen LogP contribution in [0.2, 0.25) is 0 Å². The van der Waals surface area contributed by atoms with Crippen LogP contribution in [0.1, 0.15) is 12.6 Å². The molecule has 1 aliphatic rings. The van der Waals surface area contributed by atoms with Gasteiger partial charge in [-0.2, -0.15) is 0 Å². The van der Waals surface area contributed by atoms with Gasteiger partial charge in [-0.3, -0.25) is 4.98 Å². The fraction of sp³-hybridized carbons (Fsp3) is 0.222. The van der Waals surface area contributed by atoms with Gasteiger partial charge in [-0.15, -0.1) is 0 Å². The van der Waals surface area contributed by atoms with Crippen LogP contribution in [0.5, 0.6) is 0 Å². The fourth-order valence-corrected chi connectivity index (χ4v) is 1.34. The third-order valence-electron chi connectivity index (χ3n) is 1.83. The Bertz CT molecular complexity index is 326. The Morgan fingerprint density at radius 2 is 2.00 bits per heavy atom. The first-order valence-electron chi connectivity index (χ1n) is 3.83. The first kappa shape index (κ1) is 8.56. The van der Waals surface area contributed by atoms with Gasteiger partial charge in [0, 0.05) is 17.6 Å². The van der Waals surface area contributed by atoms with Crippen LogP contribution >= 0.6 is 15.9 Å². The van der Waals surface area contributed by atoms with Crippen molar-refractivity contribution in [3.8, 4) is 0 Å². The van der Waals surface area contributed by atoms with Gasteiger partial charge < -0.3 is 9.47 Å². The normalized spacial score (nSPS) is 18.0. The lowest BCUT2D eigenvalue weighted by molar-refractivity contribution is -0.136. The first-order valence-corrected chi connectivity index (χ1v) is 4.63. The van der Waals surface area contributed by atoms with Crippen LogP contribution in [0.4, 0.5) is 0 Å². The second-order valence-corrected chi connectivity index (χ2v) is 3.73. The predicted molar refractivity (Wildman–Crippen MR) is 50.6 cm³/mol. The van der Waals surface area contributed by atoms with Crippen molar-refractivity contribution in [2.45, 2.75) is 12.7 Å². The summed E-state index contributed by atoms with van der Waals surface area (Å²) < 4.78 is 11.5. The van der Waals surface area contributed by atoms with E-state index in [1.165, 1.54) is 12.5 Å². The summed E-state index contributed by atoms with van der Waals surface area (Å²) in [4.78, 5) is 4.20. The van der Waals surface area contributed by atoms with Crippen LogP contribution < -0.4 is 0 Å². The van der Waals surface area contributed by atoms with Crippen molar-refractivity contribution in [2.75, 3.05) is 0 Å². The summed E-state index contributed by atoms with van der Waals surface area (Å²) in [5.74, 6) is -0.763. The molecule has 2 heterocycles. The molecule has 0 radical (unpaired) electrons. The largest absolute Gasteiger partial charge is 0.452 e. The molecule has 3 nitrogen and oxygen atoms in total. The molecule has 0 aromatic carbocycles. The molecule has 0 saturated carbocycles. The van der Waals surface area contributed by atoms with Crippen molar-refractivity contribution >= 4 is 15.9 Å². The van der Waals surface area contributed by atoms with Gasteiger partial charge in [-0.25, -0.2) is 0 Å². The number of hydrogen-bond donors (Lipinski definition) is 0. The average molecular weight is 242 g/mol. The molecule has 0 amide bonds. The molecule has 0 saturated heterocycles. The second-order valence-electron chi connectivity index (χ2n) is 2.82. The number of ether oxygens (including phenoxy) is 2. The molecule has 0 aliphatic carbocycles. The van der Waals surface area contributed by atoms with Gasteiger partial charge in [-0.1, -0.05) is 0 Å². The van der Waals surface area contributed by atoms with E-state index in [9.17, 15) is 0 Å². The number of halogens is 1. The minimum absolute atomic E-state index is 0.751. The molecule has 0 unspecified atom stereocenters. The Kier molecular flexibility index (Phi) is 2.00. The molecule has 4 heteroatoms. The maximum absolute atomic E-state index is 5.29. The monoisotopic (exact) mass is 241 g/mol. The van der Waals surface area contributed by atoms with Gasteiger partial charge in [0.15, 0.2) is 0 Å². The molecule has 0 bridgehead atoms. The predicted octanol–water partition coefficient (Wildman–Crippen LogP) is 2.53. The molecule has 0 N–H and O–H groups in total. The van der Waals surface area contributed by atoms with E-state index < -0.39 is 5.79 Å². The van der Waals surface area contributed by atoms with Crippen molar-refractivity contribution < 1.29 is 9.47 Å². The molecule has 0 atom stereocenters. The highest BCUT2D eigenvalue weighted by Crippen LogP contribution is 2.30. The number of aromatic nitrogens is 1. The average Bonchev–Trinajstić information content (AvgIpc) is 2.54. The van der Waals surface area contributed by atoms with E-state index in [1.54, 1.807) is 6.20 Å². The molecule has 1 aromatic rings. The topological polar surface area (TPSA) is 31.4 Å². The molecule has 68 valence electrons. The van der Waals surface area contributed by atoms with Crippen LogP contribution in [0, 0.1) is 0 Å². The lowest BCUT2D eigenvalue weighted by Gasteiger charge is -2.21. The maximum Gasteiger partial charge on any atom is 0.290 e. The number of nitrogens with zero attached hydrogens (tertiary/aromatic N) is 1. The first-order chi connectivity index (χ1) is 6.21. The van der Waals surface area contributed by atoms with E-state index in [2.05, 4.69) is 20.9 Å². The van der Waals surface area contributed by atoms with Gasteiger partial charge in [0.1, 0.15) is 18.2 Å². The highest BCUT2D eigenvalue weighted by molar-refractivity contribution is 9.10. The zero-order chi connectivity index (χ0) is 9.31. The summed E-state index contributed by atoms with van der Waals surface area (Å²) >= 11 is 3.31. The molecule has 0 spiro atoms. The Morgan fingerprint density at radius 1 is 1.31 bits per heavy atom. The minimum Gasteiger partial charge on any atom is -0.452 e. The molecule has 1 aromatic heterocycles. The SMILES string of the molecule is CC1(c2ccc(Br)cn2)OC=CO1. The number of hydrogen-bond acceptors (Lipinski definition) is 3. The van der Waals surface area contributed by atoms with Crippen molar-refractivity contribution in [1.29, 1.82) is 0 Å². The Morgan fingerprint density at radius 3 is 2.54 bits per heavy atom. The summed E-state index contributed by atoms with van der Waals surface area (Å²) in [6.07, 6.45) is 4.75. The minimum atomic E-state index is -0.763. The standard InChI is InChI=1S/C9H8BrNO2/c1-9(12-4-5-13-9)8-3-2-7(10)6-11-8/h2-6H,1H3. The van der Waals surface area contributed by atoms with E-state index in [0.29, 0.717) is 0 Å². The third kappa shape index (κ3) is 1.54. The quantitative estimate of drug-likeness (QED) is 0.758. The van der Waals surface area contributed by atoms with Crippen LogP contribution in [-0.4, -0.2) is 4.98 Å². The van der Waals surface area contributed by atoms with E-state index in [-0.39, 0.29) is 0 Å². The van der Waals surface area contributed by atoms with E-state index >= 15 is 0 Å². The lowest BCUT2D eigenvalue weighted by atomic mass is 10.2. The summed E-state index contributed by atoms with van der Waals surface area (Å²) in [5.41, 5.74) is 0.751. The van der Waals surface area contributed by atoms with Gasteiger partial charge >= 0.3 is 0 Å². The summed E-state index contributed by atoms with van der Waals surface area (Å²) in [5, 5.41) is 0. The van der Waals surface area contributed by atoms with Crippen molar-refractivity contribution in [1.82, 2.24) is 4.98 Å². The third-order valence-corrected chi connectivity index (χ3v) is 2.30. The molecular formula is C9H8BrNO2. The highest BCUT2D eigenvalue weighted by Gasteiger charge is 2.33. The smallest absolute Gasteiger partial charge is 0.290 e. The highest BCUT2D eigenvalue weighted by atomic mass is 79.9. The van der Waals surface area contributed by atoms with E-state index in [4.69, 9.17) is 9.47 Å².